The summed E-state index contributed by atoms with van der Waals surface area (Å²) in [6.07, 6.45) is 3.13. The zero-order valence-corrected chi connectivity index (χ0v) is 25.9. The molecule has 6 aromatic rings. The number of benzene rings is 2. The Hall–Kier alpha value is -4.83. The van der Waals surface area contributed by atoms with Crippen molar-refractivity contribution < 1.29 is 18.4 Å². The molecule has 0 saturated carbocycles. The third-order valence-electron chi connectivity index (χ3n) is 7.27. The number of Topliss-reactive ketones (excluding diaryl/α,β-unsaturated/α-hetero) is 1. The lowest BCUT2D eigenvalue weighted by Gasteiger charge is -2.23. The highest BCUT2D eigenvalue weighted by Crippen LogP contribution is 2.40. The van der Waals surface area contributed by atoms with E-state index in [-0.39, 0.29) is 34.5 Å². The van der Waals surface area contributed by atoms with Gasteiger partial charge in [-0.1, -0.05) is 50.2 Å². The van der Waals surface area contributed by atoms with Crippen LogP contribution >= 0.6 is 11.3 Å². The number of nitrogens with zero attached hydrogens (tertiary/aromatic N) is 4. The van der Waals surface area contributed by atoms with Crippen molar-refractivity contribution in [1.29, 1.82) is 0 Å². The molecule has 0 aliphatic heterocycles. The Morgan fingerprint density at radius 2 is 1.82 bits per heavy atom. The summed E-state index contributed by atoms with van der Waals surface area (Å²) in [5, 5.41) is 3.85. The van der Waals surface area contributed by atoms with Crippen molar-refractivity contribution in [3.8, 4) is 27.6 Å². The molecule has 224 valence electrons. The number of hydrogen-bond donors (Lipinski definition) is 0. The number of pyridine rings is 1. The first-order valence-corrected chi connectivity index (χ1v) is 15.0. The van der Waals surface area contributed by atoms with Crippen LogP contribution in [0.4, 0.5) is 4.39 Å². The summed E-state index contributed by atoms with van der Waals surface area (Å²) < 4.78 is 30.7. The van der Waals surface area contributed by atoms with E-state index in [9.17, 15) is 9.59 Å². The first kappa shape index (κ1) is 29.3. The first-order chi connectivity index (χ1) is 21.0. The van der Waals surface area contributed by atoms with Gasteiger partial charge in [0.1, 0.15) is 17.1 Å². The third-order valence-corrected chi connectivity index (χ3v) is 8.45. The maximum atomic E-state index is 15.4. The average Bonchev–Trinajstić information content (AvgIpc) is 3.66. The van der Waals surface area contributed by atoms with Gasteiger partial charge in [-0.05, 0) is 55.2 Å². The second-order valence-corrected chi connectivity index (χ2v) is 13.0. The zero-order valence-electron chi connectivity index (χ0n) is 25.1. The fraction of sp³-hybridized carbons (Fsp3) is 0.235. The Kier molecular flexibility index (Phi) is 7.54. The number of para-hydroxylation sites is 1. The van der Waals surface area contributed by atoms with E-state index in [0.29, 0.717) is 40.5 Å². The molecule has 0 aliphatic carbocycles. The summed E-state index contributed by atoms with van der Waals surface area (Å²) in [4.78, 5) is 32.6. The fourth-order valence-electron chi connectivity index (χ4n) is 5.23. The lowest BCUT2D eigenvalue weighted by atomic mass is 9.97. The van der Waals surface area contributed by atoms with Crippen LogP contribution in [0.2, 0.25) is 0 Å². The maximum Gasteiger partial charge on any atom is 0.282 e. The number of fused-ring (bicyclic) bond motifs is 1. The predicted octanol–water partition coefficient (Wildman–Crippen LogP) is 7.92. The van der Waals surface area contributed by atoms with E-state index in [1.165, 1.54) is 23.5 Å². The van der Waals surface area contributed by atoms with Crippen molar-refractivity contribution in [2.75, 3.05) is 0 Å². The molecule has 0 fully saturated rings. The van der Waals surface area contributed by atoms with Gasteiger partial charge < -0.3 is 9.26 Å². The minimum Gasteiger partial charge on any atom is -0.453 e. The van der Waals surface area contributed by atoms with E-state index < -0.39 is 5.82 Å². The van der Waals surface area contributed by atoms with Crippen LogP contribution in [0, 0.1) is 25.1 Å². The van der Waals surface area contributed by atoms with E-state index in [4.69, 9.17) is 9.26 Å². The minimum absolute atomic E-state index is 0.0174. The molecule has 0 saturated heterocycles. The van der Waals surface area contributed by atoms with E-state index in [1.807, 2.05) is 48.0 Å². The van der Waals surface area contributed by atoms with Gasteiger partial charge in [-0.2, -0.15) is 0 Å². The van der Waals surface area contributed by atoms with E-state index in [1.54, 1.807) is 36.1 Å². The molecule has 44 heavy (non-hydrogen) atoms. The molecule has 0 N–H and O–H groups in total. The van der Waals surface area contributed by atoms with Crippen LogP contribution < -0.4 is 10.3 Å². The molecule has 0 radical (unpaired) electrons. The number of carbonyl (C=O) groups excluding carboxylic acids is 1. The SMILES string of the molecule is Cc1oncc1-c1cc2nccc(Oc3ccc(CC(=O)c4c(C)n(CC(C)(C)C)n(-c5ccccc5)c4=O)cc3F)c2s1. The third kappa shape index (κ3) is 5.60. The van der Waals surface area contributed by atoms with Gasteiger partial charge in [-0.25, -0.2) is 9.07 Å². The largest absolute Gasteiger partial charge is 0.453 e. The Bertz CT molecular complexity index is 2060. The molecule has 0 spiro atoms. The summed E-state index contributed by atoms with van der Waals surface area (Å²) in [5.41, 5.74) is 2.84. The number of ether oxygens (including phenoxy) is 1. The molecule has 4 aromatic heterocycles. The number of carbonyl (C=O) groups is 1. The zero-order chi connectivity index (χ0) is 31.2. The van der Waals surface area contributed by atoms with Gasteiger partial charge in [0.2, 0.25) is 0 Å². The number of ketones is 1. The molecule has 4 heterocycles. The molecular formula is C34H31FN4O4S. The van der Waals surface area contributed by atoms with Crippen LogP contribution in [0.25, 0.3) is 26.3 Å². The number of halogens is 1. The van der Waals surface area contributed by atoms with Crippen LogP contribution in [0.1, 0.15) is 48.1 Å². The molecule has 6 rings (SSSR count). The maximum absolute atomic E-state index is 15.4. The molecule has 0 bridgehead atoms. The van der Waals surface area contributed by atoms with Gasteiger partial charge in [-0.3, -0.25) is 19.3 Å². The highest BCUT2D eigenvalue weighted by atomic mass is 32.1. The van der Waals surface area contributed by atoms with Crippen LogP contribution in [0.5, 0.6) is 11.5 Å². The molecular weight excluding hydrogens is 579 g/mol. The van der Waals surface area contributed by atoms with Crippen molar-refractivity contribution in [3.05, 3.63) is 112 Å². The first-order valence-electron chi connectivity index (χ1n) is 14.2. The van der Waals surface area contributed by atoms with Crippen LogP contribution in [-0.2, 0) is 13.0 Å². The number of aromatic nitrogens is 4. The fourth-order valence-corrected chi connectivity index (χ4v) is 6.35. The average molecular weight is 611 g/mol. The monoisotopic (exact) mass is 610 g/mol. The van der Waals surface area contributed by atoms with E-state index >= 15 is 4.39 Å². The number of thiophene rings is 1. The van der Waals surface area contributed by atoms with Crippen molar-refractivity contribution >= 4 is 27.3 Å². The normalized spacial score (nSPS) is 11.8. The van der Waals surface area contributed by atoms with Gasteiger partial charge in [0.05, 0.1) is 27.7 Å². The summed E-state index contributed by atoms with van der Waals surface area (Å²) in [5.74, 6) is 0.179. The predicted molar refractivity (Wildman–Crippen MR) is 169 cm³/mol. The lowest BCUT2D eigenvalue weighted by molar-refractivity contribution is 0.0991. The van der Waals surface area contributed by atoms with Gasteiger partial charge in [-0.15, -0.1) is 11.3 Å². The van der Waals surface area contributed by atoms with Crippen molar-refractivity contribution in [1.82, 2.24) is 19.5 Å². The Morgan fingerprint density at radius 1 is 1.05 bits per heavy atom. The van der Waals surface area contributed by atoms with Crippen LogP contribution in [0.15, 0.2) is 82.4 Å². The van der Waals surface area contributed by atoms with Gasteiger partial charge in [0.25, 0.3) is 5.56 Å². The quantitative estimate of drug-likeness (QED) is 0.163. The Balaban J connectivity index is 1.27. The van der Waals surface area contributed by atoms with Gasteiger partial charge >= 0.3 is 0 Å². The summed E-state index contributed by atoms with van der Waals surface area (Å²) in [6, 6.07) is 17.3. The molecule has 0 unspecified atom stereocenters. The Morgan fingerprint density at radius 3 is 2.50 bits per heavy atom. The summed E-state index contributed by atoms with van der Waals surface area (Å²) in [7, 11) is 0. The van der Waals surface area contributed by atoms with Gasteiger partial charge in [0.15, 0.2) is 17.3 Å². The summed E-state index contributed by atoms with van der Waals surface area (Å²) in [6.45, 7) is 10.4. The molecule has 0 amide bonds. The molecule has 10 heteroatoms. The molecule has 0 aliphatic rings. The highest BCUT2D eigenvalue weighted by molar-refractivity contribution is 7.22. The number of rotatable bonds is 8. The van der Waals surface area contributed by atoms with Crippen molar-refractivity contribution in [2.45, 2.75) is 47.6 Å². The summed E-state index contributed by atoms with van der Waals surface area (Å²) >= 11 is 1.45. The second kappa shape index (κ2) is 11.3. The van der Waals surface area contributed by atoms with Gasteiger partial charge in [0, 0.05) is 35.8 Å². The van der Waals surface area contributed by atoms with Crippen molar-refractivity contribution in [3.63, 3.8) is 0 Å². The van der Waals surface area contributed by atoms with Crippen LogP contribution in [0.3, 0.4) is 0 Å². The topological polar surface area (TPSA) is 92.2 Å². The second-order valence-electron chi connectivity index (χ2n) is 11.9. The smallest absolute Gasteiger partial charge is 0.282 e. The van der Waals surface area contributed by atoms with Crippen LogP contribution in [-0.4, -0.2) is 25.3 Å². The Labute approximate surface area is 257 Å². The minimum atomic E-state index is -0.615. The number of aryl methyl sites for hydroxylation is 1. The van der Waals surface area contributed by atoms with E-state index in [0.717, 1.165) is 15.1 Å². The van der Waals surface area contributed by atoms with E-state index in [2.05, 4.69) is 30.9 Å². The highest BCUT2D eigenvalue weighted by Gasteiger charge is 2.26. The lowest BCUT2D eigenvalue weighted by Crippen LogP contribution is -2.27. The number of hydrogen-bond acceptors (Lipinski definition) is 7. The molecule has 0 atom stereocenters. The van der Waals surface area contributed by atoms with Crippen molar-refractivity contribution in [2.24, 2.45) is 5.41 Å². The molecule has 2 aromatic carbocycles. The standard InChI is InChI=1S/C34H31FN4O4S/c1-20-31(33(41)39(23-9-7-6-8-10-23)38(20)19-34(3,4)5)27(40)16-22-11-12-28(25(35)15-22)42-29-13-14-36-26-17-30(44-32(26)29)24-18-37-43-21(24)2/h6-15,17-18H,16,19H2,1-5H3. The molecule has 8 nitrogen and oxygen atoms in total.